The number of fused-ring (bicyclic) bond motifs is 1. The molecule has 4 rings (SSSR count). The number of hydrogen-bond donors (Lipinski definition) is 2. The summed E-state index contributed by atoms with van der Waals surface area (Å²) in [5.74, 6) is -0.311. The van der Waals surface area contributed by atoms with E-state index >= 15 is 0 Å². The lowest BCUT2D eigenvalue weighted by molar-refractivity contribution is -0.131. The molecule has 1 heterocycles. The molecule has 3 aromatic carbocycles. The zero-order valence-corrected chi connectivity index (χ0v) is 21.2. The molecule has 0 aliphatic carbocycles. The number of aryl methyl sites for hydroxylation is 1. The second kappa shape index (κ2) is 9.79. The van der Waals surface area contributed by atoms with Gasteiger partial charge in [-0.2, -0.15) is 0 Å². The Bertz CT molecular complexity index is 1370. The zero-order chi connectivity index (χ0) is 25.3. The molecule has 0 aromatic heterocycles. The maximum Gasteiger partial charge on any atom is 0.255 e. The van der Waals surface area contributed by atoms with Crippen LogP contribution in [-0.2, 0) is 14.8 Å². The Balaban J connectivity index is 1.65. The highest BCUT2D eigenvalue weighted by Gasteiger charge is 2.36. The summed E-state index contributed by atoms with van der Waals surface area (Å²) in [6.07, 6.45) is 0. The van der Waals surface area contributed by atoms with E-state index in [1.165, 1.54) is 13.0 Å². The maximum atomic E-state index is 13.5. The van der Waals surface area contributed by atoms with Gasteiger partial charge in [-0.1, -0.05) is 56.3 Å². The Morgan fingerprint density at radius 2 is 1.49 bits per heavy atom. The fraction of sp³-hybridized carbons (Fsp3) is 0.333. The van der Waals surface area contributed by atoms with Crippen molar-refractivity contribution < 1.29 is 18.0 Å². The first-order valence-corrected chi connectivity index (χ1v) is 13.2. The number of carbonyl (C=O) groups is 2. The highest BCUT2D eigenvalue weighted by Crippen LogP contribution is 2.31. The van der Waals surface area contributed by atoms with Crippen LogP contribution in [0.5, 0.6) is 0 Å². The van der Waals surface area contributed by atoms with Gasteiger partial charge in [0.25, 0.3) is 5.91 Å². The van der Waals surface area contributed by atoms with Crippen molar-refractivity contribution in [1.82, 2.24) is 9.62 Å². The minimum Gasteiger partial charge on any atom is -0.342 e. The summed E-state index contributed by atoms with van der Waals surface area (Å²) >= 11 is 0. The van der Waals surface area contributed by atoms with Crippen LogP contribution in [0.1, 0.15) is 36.7 Å². The molecular weight excluding hydrogens is 462 g/mol. The van der Waals surface area contributed by atoms with Crippen LogP contribution < -0.4 is 10.0 Å². The number of anilines is 1. The highest BCUT2D eigenvalue weighted by molar-refractivity contribution is 7.89. The normalized spacial score (nSPS) is 20.6. The molecule has 3 aromatic rings. The minimum atomic E-state index is -3.86. The van der Waals surface area contributed by atoms with E-state index in [9.17, 15) is 18.0 Å². The van der Waals surface area contributed by atoms with E-state index in [0.717, 1.165) is 5.56 Å². The first-order valence-electron chi connectivity index (χ1n) is 11.7. The first-order chi connectivity index (χ1) is 16.6. The van der Waals surface area contributed by atoms with Crippen molar-refractivity contribution >= 4 is 38.3 Å². The quantitative estimate of drug-likeness (QED) is 0.557. The SMILES string of the molecule is CC(=O)N1C[C@@H](C)[C@@H](NS(=O)(=O)c2ccc(NC(=O)c3ccccc3C)c3ccccc23)[C@@H](C)C1. The molecule has 1 fully saturated rings. The number of hydrogen-bond acceptors (Lipinski definition) is 4. The van der Waals surface area contributed by atoms with Gasteiger partial charge in [0.15, 0.2) is 0 Å². The smallest absolute Gasteiger partial charge is 0.255 e. The van der Waals surface area contributed by atoms with Crippen LogP contribution in [0, 0.1) is 18.8 Å². The molecule has 2 N–H and O–H groups in total. The van der Waals surface area contributed by atoms with Gasteiger partial charge >= 0.3 is 0 Å². The Hall–Kier alpha value is -3.23. The maximum absolute atomic E-state index is 13.5. The Labute approximate surface area is 206 Å². The van der Waals surface area contributed by atoms with Crippen LogP contribution in [0.3, 0.4) is 0 Å². The molecule has 0 unspecified atom stereocenters. The van der Waals surface area contributed by atoms with Gasteiger partial charge in [0, 0.05) is 48.1 Å². The summed E-state index contributed by atoms with van der Waals surface area (Å²) in [5, 5.41) is 4.11. The third kappa shape index (κ3) is 5.09. The van der Waals surface area contributed by atoms with Gasteiger partial charge < -0.3 is 10.2 Å². The van der Waals surface area contributed by atoms with Crippen LogP contribution in [-0.4, -0.2) is 44.3 Å². The topological polar surface area (TPSA) is 95.6 Å². The molecule has 0 radical (unpaired) electrons. The molecule has 0 spiro atoms. The number of piperidine rings is 1. The lowest BCUT2D eigenvalue weighted by Gasteiger charge is -2.41. The van der Waals surface area contributed by atoms with Crippen molar-refractivity contribution in [1.29, 1.82) is 0 Å². The van der Waals surface area contributed by atoms with Gasteiger partial charge in [0.2, 0.25) is 15.9 Å². The predicted molar refractivity (Wildman–Crippen MR) is 138 cm³/mol. The molecule has 2 amide bonds. The third-order valence-electron chi connectivity index (χ3n) is 6.79. The van der Waals surface area contributed by atoms with Gasteiger partial charge in [-0.25, -0.2) is 13.1 Å². The van der Waals surface area contributed by atoms with Crippen LogP contribution in [0.25, 0.3) is 10.8 Å². The van der Waals surface area contributed by atoms with E-state index in [1.54, 1.807) is 35.2 Å². The lowest BCUT2D eigenvalue weighted by atomic mass is 9.86. The van der Waals surface area contributed by atoms with E-state index in [1.807, 2.05) is 45.0 Å². The fourth-order valence-corrected chi connectivity index (χ4v) is 6.59. The largest absolute Gasteiger partial charge is 0.342 e. The summed E-state index contributed by atoms with van der Waals surface area (Å²) in [6.45, 7) is 8.35. The summed E-state index contributed by atoms with van der Waals surface area (Å²) in [7, 11) is -3.86. The first kappa shape index (κ1) is 24.9. The number of benzene rings is 3. The molecule has 8 heteroatoms. The number of likely N-dealkylation sites (tertiary alicyclic amines) is 1. The van der Waals surface area contributed by atoms with Gasteiger partial charge in [0.05, 0.1) is 4.90 Å². The number of nitrogens with one attached hydrogen (secondary N) is 2. The summed E-state index contributed by atoms with van der Waals surface area (Å²) in [6, 6.07) is 17.3. The van der Waals surface area contributed by atoms with E-state index in [2.05, 4.69) is 10.0 Å². The van der Waals surface area contributed by atoms with Crippen molar-refractivity contribution in [2.75, 3.05) is 18.4 Å². The van der Waals surface area contributed by atoms with Crippen LogP contribution >= 0.6 is 0 Å². The number of sulfonamides is 1. The minimum absolute atomic E-state index is 0.000617. The lowest BCUT2D eigenvalue weighted by Crippen LogP contribution is -2.55. The monoisotopic (exact) mass is 493 g/mol. The molecular formula is C27H31N3O4S. The van der Waals surface area contributed by atoms with Crippen molar-refractivity contribution in [3.05, 3.63) is 71.8 Å². The fourth-order valence-electron chi connectivity index (χ4n) is 4.92. The number of rotatable bonds is 5. The van der Waals surface area contributed by atoms with Gasteiger partial charge in [-0.05, 0) is 42.5 Å². The van der Waals surface area contributed by atoms with Gasteiger partial charge in [-0.15, -0.1) is 0 Å². The van der Waals surface area contributed by atoms with Crippen LogP contribution in [0.15, 0.2) is 65.6 Å². The molecule has 0 bridgehead atoms. The Kier molecular flexibility index (Phi) is 6.96. The van der Waals surface area contributed by atoms with Crippen molar-refractivity contribution in [2.45, 2.75) is 38.6 Å². The van der Waals surface area contributed by atoms with Gasteiger partial charge in [-0.3, -0.25) is 9.59 Å². The summed E-state index contributed by atoms with van der Waals surface area (Å²) in [4.78, 5) is 26.7. The van der Waals surface area contributed by atoms with Crippen LogP contribution in [0.4, 0.5) is 5.69 Å². The van der Waals surface area contributed by atoms with E-state index < -0.39 is 10.0 Å². The molecule has 0 saturated carbocycles. The molecule has 1 aliphatic rings. The van der Waals surface area contributed by atoms with E-state index in [-0.39, 0.29) is 34.6 Å². The molecule has 3 atom stereocenters. The predicted octanol–water partition coefficient (Wildman–Crippen LogP) is 4.18. The molecule has 1 saturated heterocycles. The van der Waals surface area contributed by atoms with E-state index in [0.29, 0.717) is 35.1 Å². The average Bonchev–Trinajstić information content (AvgIpc) is 2.81. The van der Waals surface area contributed by atoms with Crippen molar-refractivity contribution in [3.8, 4) is 0 Å². The van der Waals surface area contributed by atoms with Gasteiger partial charge in [0.1, 0.15) is 0 Å². The second-order valence-corrected chi connectivity index (χ2v) is 11.1. The third-order valence-corrected chi connectivity index (χ3v) is 8.31. The Morgan fingerprint density at radius 3 is 2.11 bits per heavy atom. The highest BCUT2D eigenvalue weighted by atomic mass is 32.2. The zero-order valence-electron chi connectivity index (χ0n) is 20.4. The number of nitrogens with zero attached hydrogens (tertiary/aromatic N) is 1. The van der Waals surface area contributed by atoms with Crippen molar-refractivity contribution in [3.63, 3.8) is 0 Å². The number of carbonyl (C=O) groups excluding carboxylic acids is 2. The average molecular weight is 494 g/mol. The summed E-state index contributed by atoms with van der Waals surface area (Å²) < 4.78 is 30.0. The second-order valence-electron chi connectivity index (χ2n) is 9.45. The molecule has 184 valence electrons. The van der Waals surface area contributed by atoms with Crippen molar-refractivity contribution in [2.24, 2.45) is 11.8 Å². The Morgan fingerprint density at radius 1 is 0.886 bits per heavy atom. The van der Waals surface area contributed by atoms with E-state index in [4.69, 9.17) is 0 Å². The summed E-state index contributed by atoms with van der Waals surface area (Å²) in [5.41, 5.74) is 1.97. The number of amides is 2. The molecule has 35 heavy (non-hydrogen) atoms. The molecule has 7 nitrogen and oxygen atoms in total. The molecule has 1 aliphatic heterocycles. The van der Waals surface area contributed by atoms with Crippen LogP contribution in [0.2, 0.25) is 0 Å². The standard InChI is InChI=1S/C27H31N3O4S/c1-17-9-5-6-10-21(17)27(32)28-24-13-14-25(23-12-8-7-11-22(23)24)35(33,34)29-26-18(2)15-30(20(4)31)16-19(26)3/h5-14,18-19,26,29H,15-16H2,1-4H3,(H,28,32)/t18-,19+,26-.